The van der Waals surface area contributed by atoms with Gasteiger partial charge in [-0.2, -0.15) is 0 Å². The SMILES string of the molecule is Cc1ccc(F)c(OCC2CCCCC2)c1. The minimum Gasteiger partial charge on any atom is -0.490 e. The van der Waals surface area contributed by atoms with Crippen molar-refractivity contribution in [2.75, 3.05) is 6.61 Å². The number of hydrogen-bond donors (Lipinski definition) is 0. The zero-order valence-corrected chi connectivity index (χ0v) is 9.84. The number of ether oxygens (including phenoxy) is 1. The van der Waals surface area contributed by atoms with Crippen molar-refractivity contribution in [1.29, 1.82) is 0 Å². The predicted octanol–water partition coefficient (Wildman–Crippen LogP) is 4.09. The molecule has 1 nitrogen and oxygen atoms in total. The second-order valence-electron chi connectivity index (χ2n) is 4.75. The third-order valence-corrected chi connectivity index (χ3v) is 3.29. The minimum absolute atomic E-state index is 0.249. The fourth-order valence-electron chi connectivity index (χ4n) is 2.28. The van der Waals surface area contributed by atoms with Gasteiger partial charge in [-0.25, -0.2) is 4.39 Å². The number of aryl methyl sites for hydroxylation is 1. The monoisotopic (exact) mass is 222 g/mol. The summed E-state index contributed by atoms with van der Waals surface area (Å²) in [6.45, 7) is 2.62. The van der Waals surface area contributed by atoms with E-state index in [9.17, 15) is 4.39 Å². The summed E-state index contributed by atoms with van der Waals surface area (Å²) in [6, 6.07) is 5.02. The lowest BCUT2D eigenvalue weighted by Gasteiger charge is -2.21. The molecule has 1 saturated carbocycles. The average Bonchev–Trinajstić information content (AvgIpc) is 2.32. The van der Waals surface area contributed by atoms with Crippen LogP contribution < -0.4 is 4.74 Å². The van der Waals surface area contributed by atoms with Crippen LogP contribution >= 0.6 is 0 Å². The van der Waals surface area contributed by atoms with E-state index < -0.39 is 0 Å². The highest BCUT2D eigenvalue weighted by atomic mass is 19.1. The molecule has 1 aromatic rings. The van der Waals surface area contributed by atoms with Gasteiger partial charge in [0.15, 0.2) is 11.6 Å². The maximum Gasteiger partial charge on any atom is 0.165 e. The Morgan fingerprint density at radius 3 is 2.75 bits per heavy atom. The fourth-order valence-corrected chi connectivity index (χ4v) is 2.28. The summed E-state index contributed by atoms with van der Waals surface area (Å²) < 4.78 is 19.0. The average molecular weight is 222 g/mol. The highest BCUT2D eigenvalue weighted by Gasteiger charge is 2.14. The van der Waals surface area contributed by atoms with Gasteiger partial charge in [-0.15, -0.1) is 0 Å². The van der Waals surface area contributed by atoms with E-state index in [0.717, 1.165) is 5.56 Å². The molecule has 0 spiro atoms. The number of benzene rings is 1. The van der Waals surface area contributed by atoms with Crippen molar-refractivity contribution in [2.45, 2.75) is 39.0 Å². The predicted molar refractivity (Wildman–Crippen MR) is 63.2 cm³/mol. The molecule has 0 amide bonds. The Balaban J connectivity index is 1.90. The van der Waals surface area contributed by atoms with E-state index >= 15 is 0 Å². The third-order valence-electron chi connectivity index (χ3n) is 3.29. The van der Waals surface area contributed by atoms with E-state index in [2.05, 4.69) is 0 Å². The molecule has 16 heavy (non-hydrogen) atoms. The summed E-state index contributed by atoms with van der Waals surface area (Å²) in [5, 5.41) is 0. The molecule has 0 saturated heterocycles. The van der Waals surface area contributed by atoms with Crippen LogP contribution in [0.15, 0.2) is 18.2 Å². The molecule has 1 fully saturated rings. The fraction of sp³-hybridized carbons (Fsp3) is 0.571. The van der Waals surface area contributed by atoms with Gasteiger partial charge in [0.25, 0.3) is 0 Å². The van der Waals surface area contributed by atoms with Crippen LogP contribution in [0, 0.1) is 18.7 Å². The minimum atomic E-state index is -0.249. The Hall–Kier alpha value is -1.05. The summed E-state index contributed by atoms with van der Waals surface area (Å²) >= 11 is 0. The molecule has 0 unspecified atom stereocenters. The molecule has 0 aromatic heterocycles. The Morgan fingerprint density at radius 2 is 2.00 bits per heavy atom. The van der Waals surface area contributed by atoms with E-state index in [4.69, 9.17) is 4.74 Å². The molecule has 1 aromatic carbocycles. The molecule has 0 atom stereocenters. The first-order valence-corrected chi connectivity index (χ1v) is 6.14. The van der Waals surface area contributed by atoms with Crippen molar-refractivity contribution >= 4 is 0 Å². The molecule has 0 N–H and O–H groups in total. The van der Waals surface area contributed by atoms with Gasteiger partial charge in [-0.1, -0.05) is 25.3 Å². The van der Waals surface area contributed by atoms with E-state index in [1.165, 1.54) is 38.2 Å². The van der Waals surface area contributed by atoms with Crippen molar-refractivity contribution < 1.29 is 9.13 Å². The molecular formula is C14H19FO. The first-order chi connectivity index (χ1) is 7.75. The summed E-state index contributed by atoms with van der Waals surface area (Å²) in [5.41, 5.74) is 1.04. The Kier molecular flexibility index (Phi) is 3.81. The molecule has 0 heterocycles. The second kappa shape index (κ2) is 5.33. The maximum atomic E-state index is 13.4. The number of halogens is 1. The van der Waals surface area contributed by atoms with E-state index in [-0.39, 0.29) is 5.82 Å². The number of hydrogen-bond acceptors (Lipinski definition) is 1. The van der Waals surface area contributed by atoms with Gasteiger partial charge < -0.3 is 4.74 Å². The van der Waals surface area contributed by atoms with Gasteiger partial charge in [0.05, 0.1) is 6.61 Å². The smallest absolute Gasteiger partial charge is 0.165 e. The van der Waals surface area contributed by atoms with Gasteiger partial charge in [-0.3, -0.25) is 0 Å². The van der Waals surface area contributed by atoms with Crippen LogP contribution in [0.3, 0.4) is 0 Å². The zero-order valence-electron chi connectivity index (χ0n) is 9.84. The van der Waals surface area contributed by atoms with Gasteiger partial charge >= 0.3 is 0 Å². The topological polar surface area (TPSA) is 9.23 Å². The van der Waals surface area contributed by atoms with Crippen molar-refractivity contribution in [3.05, 3.63) is 29.6 Å². The normalized spacial score (nSPS) is 17.4. The van der Waals surface area contributed by atoms with Crippen molar-refractivity contribution in [2.24, 2.45) is 5.92 Å². The highest BCUT2D eigenvalue weighted by molar-refractivity contribution is 5.29. The molecule has 2 heteroatoms. The lowest BCUT2D eigenvalue weighted by Crippen LogP contribution is -2.15. The first-order valence-electron chi connectivity index (χ1n) is 6.14. The van der Waals surface area contributed by atoms with Crippen LogP contribution in [-0.4, -0.2) is 6.61 Å². The third kappa shape index (κ3) is 2.97. The Morgan fingerprint density at radius 1 is 1.25 bits per heavy atom. The second-order valence-corrected chi connectivity index (χ2v) is 4.75. The summed E-state index contributed by atoms with van der Waals surface area (Å²) in [6.07, 6.45) is 6.39. The van der Waals surface area contributed by atoms with Crippen molar-refractivity contribution in [1.82, 2.24) is 0 Å². The van der Waals surface area contributed by atoms with E-state index in [1.807, 2.05) is 6.92 Å². The highest BCUT2D eigenvalue weighted by Crippen LogP contribution is 2.25. The molecule has 88 valence electrons. The molecule has 1 aliphatic rings. The van der Waals surface area contributed by atoms with Gasteiger partial charge in [0, 0.05) is 0 Å². The largest absolute Gasteiger partial charge is 0.490 e. The lowest BCUT2D eigenvalue weighted by atomic mass is 9.90. The molecule has 2 rings (SSSR count). The van der Waals surface area contributed by atoms with Crippen LogP contribution in [0.2, 0.25) is 0 Å². The summed E-state index contributed by atoms with van der Waals surface area (Å²) in [5.74, 6) is 0.778. The molecular weight excluding hydrogens is 203 g/mol. The molecule has 1 aliphatic carbocycles. The quantitative estimate of drug-likeness (QED) is 0.748. The van der Waals surface area contributed by atoms with Gasteiger partial charge in [0.2, 0.25) is 0 Å². The Bertz CT molecular complexity index is 343. The van der Waals surface area contributed by atoms with Crippen LogP contribution in [0.5, 0.6) is 5.75 Å². The summed E-state index contributed by atoms with van der Waals surface area (Å²) in [7, 11) is 0. The van der Waals surface area contributed by atoms with Crippen LogP contribution in [0.25, 0.3) is 0 Å². The van der Waals surface area contributed by atoms with Crippen molar-refractivity contribution in [3.63, 3.8) is 0 Å². The zero-order chi connectivity index (χ0) is 11.4. The van der Waals surface area contributed by atoms with Gasteiger partial charge in [-0.05, 0) is 43.4 Å². The summed E-state index contributed by atoms with van der Waals surface area (Å²) in [4.78, 5) is 0. The van der Waals surface area contributed by atoms with Gasteiger partial charge in [0.1, 0.15) is 0 Å². The van der Waals surface area contributed by atoms with E-state index in [0.29, 0.717) is 18.3 Å². The van der Waals surface area contributed by atoms with Crippen LogP contribution in [-0.2, 0) is 0 Å². The lowest BCUT2D eigenvalue weighted by molar-refractivity contribution is 0.202. The standard InChI is InChI=1S/C14H19FO/c1-11-7-8-13(15)14(9-11)16-10-12-5-3-2-4-6-12/h7-9,12H,2-6,10H2,1H3. The van der Waals surface area contributed by atoms with E-state index in [1.54, 1.807) is 12.1 Å². The van der Waals surface area contributed by atoms with Crippen LogP contribution in [0.4, 0.5) is 4.39 Å². The molecule has 0 aliphatic heterocycles. The van der Waals surface area contributed by atoms with Crippen molar-refractivity contribution in [3.8, 4) is 5.75 Å². The maximum absolute atomic E-state index is 13.4. The first kappa shape index (κ1) is 11.4. The molecule has 0 bridgehead atoms. The molecule has 0 radical (unpaired) electrons. The Labute approximate surface area is 96.6 Å². The number of rotatable bonds is 3. The van der Waals surface area contributed by atoms with Crippen LogP contribution in [0.1, 0.15) is 37.7 Å².